The summed E-state index contributed by atoms with van der Waals surface area (Å²) >= 11 is 5.37. The molecule has 0 heterocycles. The van der Waals surface area contributed by atoms with Crippen LogP contribution in [0.3, 0.4) is 0 Å². The van der Waals surface area contributed by atoms with Crippen molar-refractivity contribution < 1.29 is 9.53 Å². The van der Waals surface area contributed by atoms with Gasteiger partial charge in [0.25, 0.3) is 0 Å². The van der Waals surface area contributed by atoms with Crippen LogP contribution in [0.25, 0.3) is 0 Å². The number of hydrogen-bond donors (Lipinski definition) is 1. The third-order valence-electron chi connectivity index (χ3n) is 3.47. The van der Waals surface area contributed by atoms with E-state index in [-0.39, 0.29) is 11.4 Å². The highest BCUT2D eigenvalue weighted by Gasteiger charge is 2.44. The van der Waals surface area contributed by atoms with Crippen molar-refractivity contribution in [3.63, 3.8) is 0 Å². The van der Waals surface area contributed by atoms with E-state index < -0.39 is 0 Å². The van der Waals surface area contributed by atoms with E-state index in [1.807, 2.05) is 6.07 Å². The highest BCUT2D eigenvalue weighted by molar-refractivity contribution is 9.10. The van der Waals surface area contributed by atoms with Gasteiger partial charge in [0, 0.05) is 21.7 Å². The molecule has 1 fully saturated rings. The molecule has 2 N–H and O–H groups in total. The van der Waals surface area contributed by atoms with Crippen molar-refractivity contribution in [2.24, 2.45) is 11.1 Å². The fraction of sp³-hybridized carbons (Fsp3) is 0.500. The normalized spacial score (nSPS) is 16.2. The maximum atomic E-state index is 11.4. The molecule has 2 rings (SSSR count). The Bertz CT molecular complexity index is 475. The SMILES string of the molecule is COC(=O)CC1(CSc2ccc(CN)cc2Br)CC1. The molecule has 1 aromatic rings. The molecular weight excluding hydrogens is 326 g/mol. The van der Waals surface area contributed by atoms with Gasteiger partial charge >= 0.3 is 5.97 Å². The number of ether oxygens (including phenoxy) is 1. The molecule has 104 valence electrons. The van der Waals surface area contributed by atoms with E-state index >= 15 is 0 Å². The second kappa shape index (κ2) is 6.29. The lowest BCUT2D eigenvalue weighted by Gasteiger charge is -2.14. The molecule has 0 radical (unpaired) electrons. The first-order valence-electron chi connectivity index (χ1n) is 6.27. The Morgan fingerprint density at radius 1 is 1.53 bits per heavy atom. The molecule has 0 saturated heterocycles. The number of thioether (sulfide) groups is 1. The van der Waals surface area contributed by atoms with Gasteiger partial charge in [0.1, 0.15) is 0 Å². The third kappa shape index (κ3) is 3.97. The van der Waals surface area contributed by atoms with E-state index in [2.05, 4.69) is 28.1 Å². The summed E-state index contributed by atoms with van der Waals surface area (Å²) in [5.74, 6) is 0.860. The molecule has 0 spiro atoms. The molecule has 0 bridgehead atoms. The number of halogens is 1. The average molecular weight is 344 g/mol. The summed E-state index contributed by atoms with van der Waals surface area (Å²) in [5.41, 5.74) is 6.89. The number of esters is 1. The Morgan fingerprint density at radius 3 is 2.79 bits per heavy atom. The van der Waals surface area contributed by atoms with Gasteiger partial charge in [0.05, 0.1) is 13.5 Å². The highest BCUT2D eigenvalue weighted by atomic mass is 79.9. The van der Waals surface area contributed by atoms with Gasteiger partial charge in [-0.2, -0.15) is 0 Å². The van der Waals surface area contributed by atoms with Crippen molar-refractivity contribution in [2.75, 3.05) is 12.9 Å². The lowest BCUT2D eigenvalue weighted by atomic mass is 10.1. The van der Waals surface area contributed by atoms with Gasteiger partial charge in [-0.3, -0.25) is 4.79 Å². The minimum absolute atomic E-state index is 0.101. The van der Waals surface area contributed by atoms with Crippen LogP contribution in [-0.2, 0) is 16.1 Å². The fourth-order valence-corrected chi connectivity index (χ4v) is 3.93. The monoisotopic (exact) mass is 343 g/mol. The minimum Gasteiger partial charge on any atom is -0.469 e. The topological polar surface area (TPSA) is 52.3 Å². The predicted octanol–water partition coefficient (Wildman–Crippen LogP) is 3.34. The molecule has 1 aliphatic carbocycles. The Hall–Kier alpha value is -0.520. The Morgan fingerprint density at radius 2 is 2.26 bits per heavy atom. The summed E-state index contributed by atoms with van der Waals surface area (Å²) < 4.78 is 5.84. The van der Waals surface area contributed by atoms with Crippen LogP contribution in [0.5, 0.6) is 0 Å². The molecule has 0 amide bonds. The zero-order chi connectivity index (χ0) is 13.9. The molecule has 19 heavy (non-hydrogen) atoms. The van der Waals surface area contributed by atoms with E-state index in [1.54, 1.807) is 11.8 Å². The number of nitrogens with two attached hydrogens (primary N) is 1. The number of hydrogen-bond acceptors (Lipinski definition) is 4. The lowest BCUT2D eigenvalue weighted by molar-refractivity contribution is -0.141. The van der Waals surface area contributed by atoms with E-state index in [0.29, 0.717) is 13.0 Å². The zero-order valence-electron chi connectivity index (χ0n) is 10.9. The average Bonchev–Trinajstić information content (AvgIpc) is 3.17. The number of methoxy groups -OCH3 is 1. The lowest BCUT2D eigenvalue weighted by Crippen LogP contribution is -2.13. The maximum Gasteiger partial charge on any atom is 0.306 e. The second-order valence-corrected chi connectivity index (χ2v) is 6.88. The van der Waals surface area contributed by atoms with Crippen LogP contribution in [0.15, 0.2) is 27.6 Å². The van der Waals surface area contributed by atoms with Gasteiger partial charge in [0.15, 0.2) is 0 Å². The molecular formula is C14H18BrNO2S. The van der Waals surface area contributed by atoms with Gasteiger partial charge < -0.3 is 10.5 Å². The van der Waals surface area contributed by atoms with Crippen LogP contribution < -0.4 is 5.73 Å². The minimum atomic E-state index is -0.101. The van der Waals surface area contributed by atoms with E-state index in [0.717, 1.165) is 28.6 Å². The van der Waals surface area contributed by atoms with Crippen molar-refractivity contribution in [1.29, 1.82) is 0 Å². The zero-order valence-corrected chi connectivity index (χ0v) is 13.4. The summed E-state index contributed by atoms with van der Waals surface area (Å²) in [6, 6.07) is 6.19. The van der Waals surface area contributed by atoms with Crippen LogP contribution in [0.4, 0.5) is 0 Å². The largest absolute Gasteiger partial charge is 0.469 e. The fourth-order valence-electron chi connectivity index (χ4n) is 1.95. The second-order valence-electron chi connectivity index (χ2n) is 5.01. The number of rotatable bonds is 6. The van der Waals surface area contributed by atoms with E-state index in [1.165, 1.54) is 12.0 Å². The number of carbonyl (C=O) groups is 1. The molecule has 1 aliphatic rings. The Balaban J connectivity index is 1.94. The maximum absolute atomic E-state index is 11.4. The van der Waals surface area contributed by atoms with Crippen LogP contribution in [0, 0.1) is 5.41 Å². The standard InChI is InChI=1S/C14H18BrNO2S/c1-18-13(17)7-14(4-5-14)9-19-12-3-2-10(8-16)6-11(12)15/h2-3,6H,4-5,7-9,16H2,1H3. The molecule has 0 unspecified atom stereocenters. The molecule has 0 aliphatic heterocycles. The molecule has 0 aromatic heterocycles. The highest BCUT2D eigenvalue weighted by Crippen LogP contribution is 2.52. The van der Waals surface area contributed by atoms with Gasteiger partial charge in [-0.15, -0.1) is 11.8 Å². The summed E-state index contributed by atoms with van der Waals surface area (Å²) in [5, 5.41) is 0. The quantitative estimate of drug-likeness (QED) is 0.635. The summed E-state index contributed by atoms with van der Waals surface area (Å²) in [4.78, 5) is 12.6. The van der Waals surface area contributed by atoms with Crippen molar-refractivity contribution in [3.8, 4) is 0 Å². The smallest absolute Gasteiger partial charge is 0.306 e. The first kappa shape index (κ1) is 14.9. The van der Waals surface area contributed by atoms with Crippen LogP contribution in [0.2, 0.25) is 0 Å². The van der Waals surface area contributed by atoms with Gasteiger partial charge in [0.2, 0.25) is 0 Å². The van der Waals surface area contributed by atoms with Crippen molar-refractivity contribution in [1.82, 2.24) is 0 Å². The summed E-state index contributed by atoms with van der Waals surface area (Å²) in [6.07, 6.45) is 2.77. The molecule has 3 nitrogen and oxygen atoms in total. The first-order valence-corrected chi connectivity index (χ1v) is 8.04. The molecule has 5 heteroatoms. The Kier molecular flexibility index (Phi) is 4.92. The van der Waals surface area contributed by atoms with Crippen LogP contribution in [0.1, 0.15) is 24.8 Å². The predicted molar refractivity (Wildman–Crippen MR) is 81.1 cm³/mol. The van der Waals surface area contributed by atoms with Crippen molar-refractivity contribution >= 4 is 33.7 Å². The molecule has 0 atom stereocenters. The number of benzene rings is 1. The van der Waals surface area contributed by atoms with E-state index in [4.69, 9.17) is 10.5 Å². The van der Waals surface area contributed by atoms with Crippen molar-refractivity contribution in [3.05, 3.63) is 28.2 Å². The molecule has 1 aromatic carbocycles. The number of carbonyl (C=O) groups excluding carboxylic acids is 1. The Labute approximate surface area is 126 Å². The first-order chi connectivity index (χ1) is 9.08. The van der Waals surface area contributed by atoms with Gasteiger partial charge in [-0.25, -0.2) is 0 Å². The van der Waals surface area contributed by atoms with Crippen molar-refractivity contribution in [2.45, 2.75) is 30.7 Å². The summed E-state index contributed by atoms with van der Waals surface area (Å²) in [7, 11) is 1.45. The van der Waals surface area contributed by atoms with E-state index in [9.17, 15) is 4.79 Å². The summed E-state index contributed by atoms with van der Waals surface area (Å²) in [6.45, 7) is 0.551. The van der Waals surface area contributed by atoms with Gasteiger partial charge in [-0.05, 0) is 51.9 Å². The van der Waals surface area contributed by atoms with Gasteiger partial charge in [-0.1, -0.05) is 6.07 Å². The third-order valence-corrected chi connectivity index (χ3v) is 5.81. The van der Waals surface area contributed by atoms with Crippen LogP contribution in [-0.4, -0.2) is 18.8 Å². The van der Waals surface area contributed by atoms with Crippen LogP contribution >= 0.6 is 27.7 Å². The molecule has 1 saturated carbocycles.